The molecule has 10 aromatic carbocycles. The monoisotopic (exact) mass is 806 g/mol. The van der Waals surface area contributed by atoms with E-state index in [-0.39, 0.29) is 0 Å². The molecule has 3 heteroatoms. The molecule has 290 valence electrons. The standard InChI is InChI=1S/C59H38N2S/c1-4-20-40(21-5-1)60(41-22-6-2-7-23-41)43-35-36-46-45-27-12-15-31-50(45)59(52(46)38-43)51-32-16-13-29-49(51)56-44-26-11-10-19-39(44)37-54(57(56)59)61(42-24-8-3-9-25-42)53-33-18-30-48-47-28-14-17-34-55(47)62-58(48)53/h1-38H. The van der Waals surface area contributed by atoms with Gasteiger partial charge in [-0.25, -0.2) is 0 Å². The lowest BCUT2D eigenvalue weighted by Gasteiger charge is -2.37. The minimum Gasteiger partial charge on any atom is -0.310 e. The molecule has 0 radical (unpaired) electrons. The van der Waals surface area contributed by atoms with Gasteiger partial charge >= 0.3 is 0 Å². The van der Waals surface area contributed by atoms with E-state index in [1.54, 1.807) is 0 Å². The molecule has 0 saturated carbocycles. The lowest BCUT2D eigenvalue weighted by molar-refractivity contribution is 0.793. The Kier molecular flexibility index (Phi) is 7.72. The van der Waals surface area contributed by atoms with Crippen molar-refractivity contribution in [2.75, 3.05) is 9.80 Å². The molecule has 0 fully saturated rings. The van der Waals surface area contributed by atoms with Gasteiger partial charge in [-0.15, -0.1) is 11.3 Å². The van der Waals surface area contributed by atoms with Crippen molar-refractivity contribution in [2.24, 2.45) is 0 Å². The largest absolute Gasteiger partial charge is 0.310 e. The summed E-state index contributed by atoms with van der Waals surface area (Å²) in [5.41, 5.74) is 16.6. The third-order valence-corrected chi connectivity index (χ3v) is 14.4. The van der Waals surface area contributed by atoms with E-state index in [0.29, 0.717) is 0 Å². The number of anilines is 6. The summed E-state index contributed by atoms with van der Waals surface area (Å²) < 4.78 is 2.57. The van der Waals surface area contributed by atoms with Gasteiger partial charge in [-0.2, -0.15) is 0 Å². The molecule has 2 nitrogen and oxygen atoms in total. The Morgan fingerprint density at radius 1 is 0.339 bits per heavy atom. The molecule has 1 heterocycles. The van der Waals surface area contributed by atoms with Gasteiger partial charge in [0.2, 0.25) is 0 Å². The predicted molar refractivity (Wildman–Crippen MR) is 263 cm³/mol. The van der Waals surface area contributed by atoms with Gasteiger partial charge in [0, 0.05) is 43.8 Å². The summed E-state index contributed by atoms with van der Waals surface area (Å²) in [5, 5.41) is 5.06. The van der Waals surface area contributed by atoms with E-state index in [9.17, 15) is 0 Å². The average molecular weight is 807 g/mol. The second-order valence-electron chi connectivity index (χ2n) is 16.4. The summed E-state index contributed by atoms with van der Waals surface area (Å²) in [7, 11) is 0. The van der Waals surface area contributed by atoms with Crippen molar-refractivity contribution in [3.63, 3.8) is 0 Å². The Balaban J connectivity index is 1.19. The van der Waals surface area contributed by atoms with Crippen LogP contribution in [0, 0.1) is 0 Å². The first kappa shape index (κ1) is 35.1. The predicted octanol–water partition coefficient (Wildman–Crippen LogP) is 16.5. The van der Waals surface area contributed by atoms with E-state index in [4.69, 9.17) is 0 Å². The smallest absolute Gasteiger partial charge is 0.0747 e. The number of thiophene rings is 1. The lowest BCUT2D eigenvalue weighted by atomic mass is 9.69. The first-order valence-corrected chi connectivity index (χ1v) is 22.2. The van der Waals surface area contributed by atoms with Gasteiger partial charge in [-0.1, -0.05) is 164 Å². The van der Waals surface area contributed by atoms with E-state index in [2.05, 4.69) is 240 Å². The van der Waals surface area contributed by atoms with Gasteiger partial charge < -0.3 is 9.80 Å². The summed E-state index contributed by atoms with van der Waals surface area (Å²) in [6, 6.07) is 85.4. The molecule has 1 atom stereocenters. The zero-order chi connectivity index (χ0) is 40.8. The Bertz CT molecular complexity index is 3500. The van der Waals surface area contributed by atoms with Crippen molar-refractivity contribution in [3.05, 3.63) is 253 Å². The third-order valence-electron chi connectivity index (χ3n) is 13.2. The zero-order valence-electron chi connectivity index (χ0n) is 33.7. The number of hydrogen-bond acceptors (Lipinski definition) is 3. The average Bonchev–Trinajstić information content (AvgIpc) is 3.98. The van der Waals surface area contributed by atoms with Crippen molar-refractivity contribution in [1.29, 1.82) is 0 Å². The molecule has 0 saturated heterocycles. The van der Waals surface area contributed by atoms with E-state index >= 15 is 0 Å². The van der Waals surface area contributed by atoms with Crippen LogP contribution in [0.1, 0.15) is 22.3 Å². The van der Waals surface area contributed by atoms with E-state index < -0.39 is 5.41 Å². The maximum atomic E-state index is 2.57. The van der Waals surface area contributed by atoms with Crippen molar-refractivity contribution in [1.82, 2.24) is 0 Å². The molecule has 62 heavy (non-hydrogen) atoms. The van der Waals surface area contributed by atoms with Crippen LogP contribution in [0.2, 0.25) is 0 Å². The lowest BCUT2D eigenvalue weighted by Crippen LogP contribution is -2.28. The van der Waals surface area contributed by atoms with Crippen molar-refractivity contribution in [2.45, 2.75) is 5.41 Å². The molecule has 2 aliphatic carbocycles. The molecule has 11 aromatic rings. The molecule has 1 unspecified atom stereocenters. The molecule has 1 aromatic heterocycles. The summed E-state index contributed by atoms with van der Waals surface area (Å²) in [5.74, 6) is 0. The number of hydrogen-bond donors (Lipinski definition) is 0. The molecule has 2 aliphatic rings. The van der Waals surface area contributed by atoms with Crippen LogP contribution in [0.15, 0.2) is 231 Å². The van der Waals surface area contributed by atoms with E-state index in [1.807, 2.05) is 11.3 Å². The highest BCUT2D eigenvalue weighted by Gasteiger charge is 2.54. The number of benzene rings is 10. The van der Waals surface area contributed by atoms with Crippen LogP contribution in [0.3, 0.4) is 0 Å². The molecule has 0 bridgehead atoms. The first-order valence-electron chi connectivity index (χ1n) is 21.4. The molecule has 13 rings (SSSR count). The minimum absolute atomic E-state index is 0.645. The van der Waals surface area contributed by atoms with Crippen molar-refractivity contribution in [3.8, 4) is 22.3 Å². The van der Waals surface area contributed by atoms with Crippen LogP contribution in [0.4, 0.5) is 34.1 Å². The second-order valence-corrected chi connectivity index (χ2v) is 17.4. The SMILES string of the molecule is c1ccc(N(c2ccccc2)c2ccc3c(c2)C2(c4ccccc4-3)c3ccccc3-c3c2c(N(c2ccccc2)c2cccc4c2sc2ccccc24)cc2ccccc32)cc1. The van der Waals surface area contributed by atoms with Crippen LogP contribution in [0.5, 0.6) is 0 Å². The number of rotatable bonds is 6. The summed E-state index contributed by atoms with van der Waals surface area (Å²) >= 11 is 1.88. The van der Waals surface area contributed by atoms with Gasteiger partial charge in [0.05, 0.1) is 21.5 Å². The molecule has 0 aliphatic heterocycles. The third kappa shape index (κ3) is 4.91. The Morgan fingerprint density at radius 3 is 1.61 bits per heavy atom. The van der Waals surface area contributed by atoms with Gasteiger partial charge in [0.25, 0.3) is 0 Å². The Labute approximate surface area is 364 Å². The summed E-state index contributed by atoms with van der Waals surface area (Å²) in [6.45, 7) is 0. The van der Waals surface area contributed by atoms with E-state index in [0.717, 1.165) is 22.7 Å². The van der Waals surface area contributed by atoms with Gasteiger partial charge in [0.1, 0.15) is 0 Å². The molecule has 0 N–H and O–H groups in total. The second kappa shape index (κ2) is 13.7. The number of para-hydroxylation sites is 3. The number of nitrogens with zero attached hydrogens (tertiary/aromatic N) is 2. The molecule has 1 spiro atoms. The Hall–Kier alpha value is -7.72. The zero-order valence-corrected chi connectivity index (χ0v) is 34.6. The highest BCUT2D eigenvalue weighted by molar-refractivity contribution is 7.26. The number of fused-ring (bicyclic) bond motifs is 15. The van der Waals surface area contributed by atoms with Crippen LogP contribution >= 0.6 is 11.3 Å². The highest BCUT2D eigenvalue weighted by Crippen LogP contribution is 2.67. The van der Waals surface area contributed by atoms with Gasteiger partial charge in [-0.3, -0.25) is 0 Å². The highest BCUT2D eigenvalue weighted by atomic mass is 32.1. The van der Waals surface area contributed by atoms with Crippen LogP contribution < -0.4 is 9.80 Å². The van der Waals surface area contributed by atoms with Crippen LogP contribution in [0.25, 0.3) is 53.2 Å². The van der Waals surface area contributed by atoms with Crippen LogP contribution in [-0.2, 0) is 5.41 Å². The minimum atomic E-state index is -0.645. The molecule has 0 amide bonds. The fraction of sp³-hybridized carbons (Fsp3) is 0.0169. The fourth-order valence-electron chi connectivity index (χ4n) is 10.8. The molecular formula is C59H38N2S. The summed E-state index contributed by atoms with van der Waals surface area (Å²) in [6.07, 6.45) is 0. The topological polar surface area (TPSA) is 6.48 Å². The maximum absolute atomic E-state index is 2.57. The fourth-order valence-corrected chi connectivity index (χ4v) is 12.0. The summed E-state index contributed by atoms with van der Waals surface area (Å²) in [4.78, 5) is 4.97. The molecular weight excluding hydrogens is 769 g/mol. The normalized spacial score (nSPS) is 14.5. The maximum Gasteiger partial charge on any atom is 0.0747 e. The first-order chi connectivity index (χ1) is 30.8. The van der Waals surface area contributed by atoms with Gasteiger partial charge in [0.15, 0.2) is 0 Å². The van der Waals surface area contributed by atoms with Crippen LogP contribution in [-0.4, -0.2) is 0 Å². The quantitative estimate of drug-likeness (QED) is 0.165. The van der Waals surface area contributed by atoms with Gasteiger partial charge in [-0.05, 0) is 116 Å². The Morgan fingerprint density at radius 2 is 0.887 bits per heavy atom. The van der Waals surface area contributed by atoms with Crippen molar-refractivity contribution < 1.29 is 0 Å². The van der Waals surface area contributed by atoms with Crippen molar-refractivity contribution >= 4 is 76.4 Å². The van der Waals surface area contributed by atoms with E-state index in [1.165, 1.54) is 86.8 Å².